The van der Waals surface area contributed by atoms with E-state index in [0.29, 0.717) is 22.8 Å². The quantitative estimate of drug-likeness (QED) is 0.676. The Balaban J connectivity index is 1.93. The van der Waals surface area contributed by atoms with E-state index in [1.54, 1.807) is 36.4 Å². The lowest BCUT2D eigenvalue weighted by molar-refractivity contribution is -0.115. The number of primary amides is 1. The second kappa shape index (κ2) is 6.38. The monoisotopic (exact) mass is 285 g/mol. The Kier molecular flexibility index (Phi) is 4.35. The van der Waals surface area contributed by atoms with E-state index in [1.807, 2.05) is 0 Å². The average Bonchev–Trinajstić information content (AvgIpc) is 2.43. The molecular weight excluding hydrogens is 270 g/mol. The number of amides is 3. The van der Waals surface area contributed by atoms with Crippen molar-refractivity contribution in [2.75, 3.05) is 16.4 Å². The van der Waals surface area contributed by atoms with E-state index in [-0.39, 0.29) is 12.3 Å². The van der Waals surface area contributed by atoms with Crippen molar-refractivity contribution in [1.29, 1.82) is 0 Å². The van der Waals surface area contributed by atoms with Crippen LogP contribution >= 0.6 is 0 Å². The van der Waals surface area contributed by atoms with Crippen LogP contribution in [0.25, 0.3) is 0 Å². The number of nitrogens with two attached hydrogens (primary N) is 2. The van der Waals surface area contributed by atoms with Crippen LogP contribution in [0.1, 0.15) is 5.69 Å². The zero-order valence-electron chi connectivity index (χ0n) is 11.2. The van der Waals surface area contributed by atoms with Gasteiger partial charge in [0.15, 0.2) is 0 Å². The van der Waals surface area contributed by atoms with Gasteiger partial charge in [-0.3, -0.25) is 9.78 Å². The number of carbonyl (C=O) groups is 2. The van der Waals surface area contributed by atoms with Crippen LogP contribution in [0.5, 0.6) is 0 Å². The molecule has 0 fully saturated rings. The Labute approximate surface area is 121 Å². The van der Waals surface area contributed by atoms with Crippen molar-refractivity contribution in [3.8, 4) is 0 Å². The molecule has 0 spiro atoms. The van der Waals surface area contributed by atoms with Gasteiger partial charge in [0.05, 0.1) is 18.3 Å². The molecule has 0 aliphatic heterocycles. The molecule has 0 saturated carbocycles. The topological polar surface area (TPSA) is 123 Å². The fraction of sp³-hybridized carbons (Fsp3) is 0.0714. The van der Waals surface area contributed by atoms with E-state index < -0.39 is 6.03 Å². The van der Waals surface area contributed by atoms with Crippen molar-refractivity contribution >= 4 is 29.0 Å². The molecular formula is C14H15N5O2. The van der Waals surface area contributed by atoms with Gasteiger partial charge in [0.2, 0.25) is 5.91 Å². The van der Waals surface area contributed by atoms with Crippen LogP contribution in [-0.2, 0) is 11.2 Å². The lowest BCUT2D eigenvalue weighted by atomic mass is 10.2. The summed E-state index contributed by atoms with van der Waals surface area (Å²) in [6.45, 7) is 0. The summed E-state index contributed by atoms with van der Waals surface area (Å²) in [4.78, 5) is 26.6. The van der Waals surface area contributed by atoms with Crippen LogP contribution < -0.4 is 22.1 Å². The number of pyridine rings is 1. The first-order chi connectivity index (χ1) is 10.0. The minimum absolute atomic E-state index is 0.154. The van der Waals surface area contributed by atoms with Gasteiger partial charge in [-0.15, -0.1) is 0 Å². The van der Waals surface area contributed by atoms with Gasteiger partial charge >= 0.3 is 6.03 Å². The molecule has 0 aliphatic rings. The molecule has 0 aliphatic carbocycles. The van der Waals surface area contributed by atoms with Gasteiger partial charge in [0.25, 0.3) is 0 Å². The first-order valence-corrected chi connectivity index (χ1v) is 6.20. The minimum atomic E-state index is -0.638. The maximum atomic E-state index is 11.9. The maximum Gasteiger partial charge on any atom is 0.316 e. The zero-order valence-corrected chi connectivity index (χ0v) is 11.2. The number of hydrogen-bond donors (Lipinski definition) is 4. The highest BCUT2D eigenvalue weighted by Gasteiger charge is 2.05. The molecule has 1 aromatic carbocycles. The number of aromatic nitrogens is 1. The lowest BCUT2D eigenvalue weighted by Crippen LogP contribution is -2.19. The molecule has 108 valence electrons. The highest BCUT2D eigenvalue weighted by atomic mass is 16.2. The molecule has 6 N–H and O–H groups in total. The van der Waals surface area contributed by atoms with Gasteiger partial charge in [-0.1, -0.05) is 0 Å². The Morgan fingerprint density at radius 1 is 1.00 bits per heavy atom. The fourth-order valence-corrected chi connectivity index (χ4v) is 1.69. The van der Waals surface area contributed by atoms with Crippen molar-refractivity contribution in [3.05, 3.63) is 48.3 Å². The summed E-state index contributed by atoms with van der Waals surface area (Å²) < 4.78 is 0. The number of carbonyl (C=O) groups excluding carboxylic acids is 2. The molecule has 0 bridgehead atoms. The summed E-state index contributed by atoms with van der Waals surface area (Å²) in [6.07, 6.45) is 1.66. The molecule has 7 nitrogen and oxygen atoms in total. The van der Waals surface area contributed by atoms with Gasteiger partial charge in [0, 0.05) is 17.1 Å². The number of hydrogen-bond acceptors (Lipinski definition) is 4. The maximum absolute atomic E-state index is 11.9. The van der Waals surface area contributed by atoms with Crippen LogP contribution in [-0.4, -0.2) is 16.9 Å². The molecule has 0 atom stereocenters. The standard InChI is InChI=1S/C14H15N5O2/c15-9-1-2-12(17-8-9)7-13(20)18-10-3-5-11(6-4-10)19-14(16)21/h1-6,8H,7,15H2,(H,18,20)(H3,16,19,21). The zero-order chi connectivity index (χ0) is 15.2. The predicted octanol–water partition coefficient (Wildman–Crippen LogP) is 1.34. The molecule has 3 amide bonds. The third kappa shape index (κ3) is 4.50. The highest BCUT2D eigenvalue weighted by molar-refractivity contribution is 5.93. The lowest BCUT2D eigenvalue weighted by Gasteiger charge is -2.07. The Bertz CT molecular complexity index is 637. The van der Waals surface area contributed by atoms with Crippen LogP contribution in [0.4, 0.5) is 21.9 Å². The second-order valence-corrected chi connectivity index (χ2v) is 4.37. The summed E-state index contributed by atoms with van der Waals surface area (Å²) in [5, 5.41) is 5.17. The molecule has 1 heterocycles. The van der Waals surface area contributed by atoms with E-state index in [2.05, 4.69) is 15.6 Å². The smallest absolute Gasteiger partial charge is 0.316 e. The van der Waals surface area contributed by atoms with Gasteiger partial charge in [-0.05, 0) is 36.4 Å². The number of nitrogen functional groups attached to an aromatic ring is 1. The van der Waals surface area contributed by atoms with E-state index in [9.17, 15) is 9.59 Å². The first kappa shape index (κ1) is 14.3. The van der Waals surface area contributed by atoms with Gasteiger partial charge in [0.1, 0.15) is 0 Å². The van der Waals surface area contributed by atoms with Crippen LogP contribution in [0.2, 0.25) is 0 Å². The third-order valence-corrected chi connectivity index (χ3v) is 2.63. The average molecular weight is 285 g/mol. The van der Waals surface area contributed by atoms with Gasteiger partial charge in [-0.2, -0.15) is 0 Å². The van der Waals surface area contributed by atoms with Crippen molar-refractivity contribution in [2.45, 2.75) is 6.42 Å². The van der Waals surface area contributed by atoms with Gasteiger partial charge in [-0.25, -0.2) is 4.79 Å². The molecule has 1 aromatic heterocycles. The number of benzene rings is 1. The normalized spacial score (nSPS) is 9.90. The summed E-state index contributed by atoms with van der Waals surface area (Å²) in [7, 11) is 0. The molecule has 7 heteroatoms. The fourth-order valence-electron chi connectivity index (χ4n) is 1.69. The van der Waals surface area contributed by atoms with Crippen molar-refractivity contribution < 1.29 is 9.59 Å². The van der Waals surface area contributed by atoms with E-state index >= 15 is 0 Å². The Morgan fingerprint density at radius 2 is 1.62 bits per heavy atom. The summed E-state index contributed by atoms with van der Waals surface area (Å²) in [5.41, 5.74) is 12.9. The predicted molar refractivity (Wildman–Crippen MR) is 80.6 cm³/mol. The third-order valence-electron chi connectivity index (χ3n) is 2.63. The molecule has 0 radical (unpaired) electrons. The summed E-state index contributed by atoms with van der Waals surface area (Å²) in [5.74, 6) is -0.192. The first-order valence-electron chi connectivity index (χ1n) is 6.20. The number of nitrogens with zero attached hydrogens (tertiary/aromatic N) is 1. The largest absolute Gasteiger partial charge is 0.397 e. The number of rotatable bonds is 4. The van der Waals surface area contributed by atoms with Crippen LogP contribution in [0.3, 0.4) is 0 Å². The highest BCUT2D eigenvalue weighted by Crippen LogP contribution is 2.13. The minimum Gasteiger partial charge on any atom is -0.397 e. The molecule has 0 unspecified atom stereocenters. The van der Waals surface area contributed by atoms with Gasteiger partial charge < -0.3 is 22.1 Å². The Morgan fingerprint density at radius 3 is 2.14 bits per heavy atom. The molecule has 21 heavy (non-hydrogen) atoms. The van der Waals surface area contributed by atoms with E-state index in [0.717, 1.165) is 0 Å². The number of urea groups is 1. The molecule has 2 rings (SSSR count). The number of anilines is 3. The van der Waals surface area contributed by atoms with E-state index in [1.165, 1.54) is 6.20 Å². The number of nitrogens with one attached hydrogen (secondary N) is 2. The summed E-state index contributed by atoms with van der Waals surface area (Å²) in [6, 6.07) is 9.37. The Hall–Kier alpha value is -3.09. The van der Waals surface area contributed by atoms with E-state index in [4.69, 9.17) is 11.5 Å². The summed E-state index contributed by atoms with van der Waals surface area (Å²) >= 11 is 0. The SMILES string of the molecule is NC(=O)Nc1ccc(NC(=O)Cc2ccc(N)cn2)cc1. The van der Waals surface area contributed by atoms with Crippen LogP contribution in [0.15, 0.2) is 42.6 Å². The molecule has 0 saturated heterocycles. The van der Waals surface area contributed by atoms with Crippen LogP contribution in [0, 0.1) is 0 Å². The second-order valence-electron chi connectivity index (χ2n) is 4.37. The van der Waals surface area contributed by atoms with Crippen molar-refractivity contribution in [1.82, 2.24) is 4.98 Å². The van der Waals surface area contributed by atoms with Crippen molar-refractivity contribution in [2.24, 2.45) is 5.73 Å². The van der Waals surface area contributed by atoms with Crippen molar-refractivity contribution in [3.63, 3.8) is 0 Å². The molecule has 2 aromatic rings.